The first kappa shape index (κ1) is 12.4. The van der Waals surface area contributed by atoms with Crippen LogP contribution in [0.1, 0.15) is 23.9 Å². The van der Waals surface area contributed by atoms with Crippen LogP contribution in [-0.4, -0.2) is 5.78 Å². The number of halogens is 2. The Morgan fingerprint density at radius 1 is 1.35 bits per heavy atom. The predicted molar refractivity (Wildman–Crippen MR) is 71.5 cm³/mol. The van der Waals surface area contributed by atoms with Crippen LogP contribution in [0.5, 0.6) is 0 Å². The molecular formula is C13H10BrClO2. The summed E-state index contributed by atoms with van der Waals surface area (Å²) in [6.07, 6.45) is 0.432. The molecule has 0 aliphatic carbocycles. The second kappa shape index (κ2) is 5.07. The molecule has 0 unspecified atom stereocenters. The maximum Gasteiger partial charge on any atom is 0.197 e. The van der Waals surface area contributed by atoms with Crippen molar-refractivity contribution < 1.29 is 9.21 Å². The van der Waals surface area contributed by atoms with Crippen LogP contribution in [0.3, 0.4) is 0 Å². The van der Waals surface area contributed by atoms with Gasteiger partial charge < -0.3 is 4.42 Å². The van der Waals surface area contributed by atoms with Gasteiger partial charge in [-0.2, -0.15) is 0 Å². The van der Waals surface area contributed by atoms with Crippen LogP contribution in [0.25, 0.3) is 11.3 Å². The lowest BCUT2D eigenvalue weighted by Gasteiger charge is -2.01. The highest BCUT2D eigenvalue weighted by atomic mass is 79.9. The smallest absolute Gasteiger partial charge is 0.197 e. The van der Waals surface area contributed by atoms with E-state index >= 15 is 0 Å². The van der Waals surface area contributed by atoms with Crippen molar-refractivity contribution in [2.75, 3.05) is 0 Å². The highest BCUT2D eigenvalue weighted by Crippen LogP contribution is 2.31. The molecule has 17 heavy (non-hydrogen) atoms. The van der Waals surface area contributed by atoms with Crippen molar-refractivity contribution in [2.24, 2.45) is 0 Å². The number of benzene rings is 1. The predicted octanol–water partition coefficient (Wildman–Crippen LogP) is 4.96. The number of hydrogen-bond donors (Lipinski definition) is 0. The van der Waals surface area contributed by atoms with Gasteiger partial charge >= 0.3 is 0 Å². The molecule has 1 heterocycles. The Bertz CT molecular complexity index is 560. The van der Waals surface area contributed by atoms with Crippen molar-refractivity contribution in [3.05, 3.63) is 45.6 Å². The molecule has 0 atom stereocenters. The van der Waals surface area contributed by atoms with E-state index in [9.17, 15) is 4.79 Å². The van der Waals surface area contributed by atoms with Gasteiger partial charge in [0.1, 0.15) is 5.76 Å². The first-order chi connectivity index (χ1) is 8.11. The lowest BCUT2D eigenvalue weighted by Crippen LogP contribution is -1.92. The average Bonchev–Trinajstić information content (AvgIpc) is 2.77. The Labute approximate surface area is 113 Å². The van der Waals surface area contributed by atoms with E-state index in [1.165, 1.54) is 0 Å². The molecule has 0 fully saturated rings. The van der Waals surface area contributed by atoms with Gasteiger partial charge in [0, 0.05) is 16.5 Å². The summed E-state index contributed by atoms with van der Waals surface area (Å²) in [4.78, 5) is 11.5. The summed E-state index contributed by atoms with van der Waals surface area (Å²) in [6, 6.07) is 8.97. The fourth-order valence-electron chi connectivity index (χ4n) is 1.50. The van der Waals surface area contributed by atoms with Gasteiger partial charge in [-0.1, -0.05) is 34.5 Å². The highest BCUT2D eigenvalue weighted by Gasteiger charge is 2.12. The minimum atomic E-state index is -0.00974. The molecule has 0 saturated carbocycles. The fraction of sp³-hybridized carbons (Fsp3) is 0.154. The summed E-state index contributed by atoms with van der Waals surface area (Å²) in [7, 11) is 0. The normalized spacial score (nSPS) is 10.5. The lowest BCUT2D eigenvalue weighted by molar-refractivity contribution is 0.0962. The number of ketones is 1. The van der Waals surface area contributed by atoms with Gasteiger partial charge in [-0.15, -0.1) is 0 Å². The number of furan rings is 1. The van der Waals surface area contributed by atoms with Crippen LogP contribution in [0, 0.1) is 0 Å². The number of hydrogen-bond acceptors (Lipinski definition) is 2. The van der Waals surface area contributed by atoms with Gasteiger partial charge in [0.05, 0.1) is 5.02 Å². The molecule has 1 aromatic heterocycles. The van der Waals surface area contributed by atoms with Gasteiger partial charge in [0.15, 0.2) is 11.5 Å². The summed E-state index contributed by atoms with van der Waals surface area (Å²) in [5.41, 5.74) is 0.782. The Kier molecular flexibility index (Phi) is 3.69. The molecular weight excluding hydrogens is 303 g/mol. The lowest BCUT2D eigenvalue weighted by atomic mass is 10.2. The minimum absolute atomic E-state index is 0.00974. The van der Waals surface area contributed by atoms with Crippen LogP contribution in [-0.2, 0) is 0 Å². The van der Waals surface area contributed by atoms with Crippen molar-refractivity contribution in [3.8, 4) is 11.3 Å². The van der Waals surface area contributed by atoms with E-state index in [1.54, 1.807) is 25.1 Å². The first-order valence-corrected chi connectivity index (χ1v) is 6.37. The second-order valence-electron chi connectivity index (χ2n) is 3.56. The molecule has 0 aliphatic rings. The monoisotopic (exact) mass is 312 g/mol. The van der Waals surface area contributed by atoms with Gasteiger partial charge in [-0.3, -0.25) is 4.79 Å². The Balaban J connectivity index is 2.40. The van der Waals surface area contributed by atoms with E-state index in [4.69, 9.17) is 16.0 Å². The topological polar surface area (TPSA) is 30.2 Å². The largest absolute Gasteiger partial charge is 0.453 e. The molecule has 2 rings (SSSR count). The molecule has 0 amide bonds. The third kappa shape index (κ3) is 2.61. The van der Waals surface area contributed by atoms with Gasteiger partial charge in [-0.25, -0.2) is 0 Å². The third-order valence-electron chi connectivity index (χ3n) is 2.40. The van der Waals surface area contributed by atoms with Gasteiger partial charge in [-0.05, 0) is 30.3 Å². The number of carbonyl (C=O) groups excluding carboxylic acids is 1. The Morgan fingerprint density at radius 3 is 2.76 bits per heavy atom. The van der Waals surface area contributed by atoms with Crippen LogP contribution < -0.4 is 0 Å². The van der Waals surface area contributed by atoms with E-state index in [1.807, 2.05) is 12.1 Å². The molecule has 0 aliphatic heterocycles. The number of rotatable bonds is 3. The Hall–Kier alpha value is -1.06. The Morgan fingerprint density at radius 2 is 2.12 bits per heavy atom. The zero-order valence-electron chi connectivity index (χ0n) is 9.17. The average molecular weight is 314 g/mol. The molecule has 0 radical (unpaired) electrons. The maximum absolute atomic E-state index is 11.5. The zero-order chi connectivity index (χ0) is 12.4. The summed E-state index contributed by atoms with van der Waals surface area (Å²) < 4.78 is 6.40. The second-order valence-corrected chi connectivity index (χ2v) is 4.89. The molecule has 0 spiro atoms. The van der Waals surface area contributed by atoms with Gasteiger partial charge in [0.2, 0.25) is 0 Å². The van der Waals surface area contributed by atoms with E-state index in [0.717, 1.165) is 10.0 Å². The summed E-state index contributed by atoms with van der Waals surface area (Å²) >= 11 is 9.45. The van der Waals surface area contributed by atoms with Crippen molar-refractivity contribution in [1.29, 1.82) is 0 Å². The van der Waals surface area contributed by atoms with Gasteiger partial charge in [0.25, 0.3) is 0 Å². The maximum atomic E-state index is 11.5. The van der Waals surface area contributed by atoms with E-state index in [-0.39, 0.29) is 5.78 Å². The third-order valence-corrected chi connectivity index (χ3v) is 3.20. The molecule has 0 bridgehead atoms. The summed E-state index contributed by atoms with van der Waals surface area (Å²) in [5, 5.41) is 0.587. The SMILES string of the molecule is CCC(=O)c1ccc(-c2ccc(Br)cc2Cl)o1. The minimum Gasteiger partial charge on any atom is -0.453 e. The highest BCUT2D eigenvalue weighted by molar-refractivity contribution is 9.10. The van der Waals surface area contributed by atoms with Crippen LogP contribution in [0.2, 0.25) is 5.02 Å². The van der Waals surface area contributed by atoms with Crippen molar-refractivity contribution in [3.63, 3.8) is 0 Å². The summed E-state index contributed by atoms with van der Waals surface area (Å²) in [6.45, 7) is 1.80. The molecule has 2 nitrogen and oxygen atoms in total. The van der Waals surface area contributed by atoms with Crippen LogP contribution in [0.4, 0.5) is 0 Å². The van der Waals surface area contributed by atoms with Crippen molar-refractivity contribution >= 4 is 33.3 Å². The molecule has 0 saturated heterocycles. The van der Waals surface area contributed by atoms with E-state index in [0.29, 0.717) is 23.0 Å². The first-order valence-electron chi connectivity index (χ1n) is 5.20. The summed E-state index contributed by atoms with van der Waals surface area (Å²) in [5.74, 6) is 0.977. The zero-order valence-corrected chi connectivity index (χ0v) is 11.5. The molecule has 88 valence electrons. The quantitative estimate of drug-likeness (QED) is 0.750. The molecule has 1 aromatic carbocycles. The number of Topliss-reactive ketones (excluding diaryl/α,β-unsaturated/α-hetero) is 1. The van der Waals surface area contributed by atoms with E-state index in [2.05, 4.69) is 15.9 Å². The van der Waals surface area contributed by atoms with Crippen LogP contribution in [0.15, 0.2) is 39.2 Å². The number of carbonyl (C=O) groups is 1. The molecule has 0 N–H and O–H groups in total. The van der Waals surface area contributed by atoms with Crippen molar-refractivity contribution in [2.45, 2.75) is 13.3 Å². The fourth-order valence-corrected chi connectivity index (χ4v) is 2.26. The molecule has 2 aromatic rings. The van der Waals surface area contributed by atoms with Crippen LogP contribution >= 0.6 is 27.5 Å². The standard InChI is InChI=1S/C13H10BrClO2/c1-2-11(16)13-6-5-12(17-13)9-4-3-8(14)7-10(9)15/h3-7H,2H2,1H3. The van der Waals surface area contributed by atoms with Crippen molar-refractivity contribution in [1.82, 2.24) is 0 Å². The van der Waals surface area contributed by atoms with E-state index < -0.39 is 0 Å². The molecule has 4 heteroatoms.